The Balaban J connectivity index is 3.47. The van der Waals surface area contributed by atoms with Crippen molar-refractivity contribution < 1.29 is 28.5 Å². The Hall–Kier alpha value is -0.230. The fraction of sp³-hybridized carbons (Fsp3) is 0.955. The number of carbonyl (C=O) groups is 1. The maximum Gasteiger partial charge on any atom is 0.407 e. The van der Waals surface area contributed by atoms with Crippen molar-refractivity contribution in [3.63, 3.8) is 0 Å². The lowest BCUT2D eigenvalue weighted by atomic mass is 10.1. The van der Waals surface area contributed by atoms with Crippen molar-refractivity contribution in [3.05, 3.63) is 0 Å². The molecule has 0 aliphatic heterocycles. The Morgan fingerprint density at radius 3 is 2.28 bits per heavy atom. The van der Waals surface area contributed by atoms with Gasteiger partial charge in [-0.25, -0.2) is 4.79 Å². The van der Waals surface area contributed by atoms with Crippen molar-refractivity contribution in [1.29, 1.82) is 0 Å². The Bertz CT molecular complexity index is 431. The van der Waals surface area contributed by atoms with E-state index in [0.717, 1.165) is 45.6 Å². The summed E-state index contributed by atoms with van der Waals surface area (Å²) in [5.41, 5.74) is 0. The molecular formula is C22H46N2O6S2. The van der Waals surface area contributed by atoms with Gasteiger partial charge in [-0.15, -0.1) is 0 Å². The first kappa shape index (κ1) is 31.8. The molecule has 0 aromatic rings. The van der Waals surface area contributed by atoms with Crippen LogP contribution in [0.3, 0.4) is 0 Å². The van der Waals surface area contributed by atoms with Crippen LogP contribution in [-0.2, 0) is 23.7 Å². The summed E-state index contributed by atoms with van der Waals surface area (Å²) in [5, 5.41) is 5.88. The van der Waals surface area contributed by atoms with E-state index in [1.807, 2.05) is 13.8 Å². The predicted molar refractivity (Wildman–Crippen MR) is 135 cm³/mol. The van der Waals surface area contributed by atoms with Crippen molar-refractivity contribution in [1.82, 2.24) is 10.6 Å². The molecule has 0 aliphatic carbocycles. The molecule has 0 radical (unpaired) electrons. The molecule has 2 N–H and O–H groups in total. The molecule has 10 heteroatoms. The molecule has 8 nitrogen and oxygen atoms in total. The number of likely N-dealkylation sites (N-methyl/N-ethyl adjacent to an activating group) is 1. The molecule has 0 bridgehead atoms. The maximum atomic E-state index is 11.7. The second-order valence-electron chi connectivity index (χ2n) is 8.00. The van der Waals surface area contributed by atoms with E-state index in [4.69, 9.17) is 23.7 Å². The lowest BCUT2D eigenvalue weighted by molar-refractivity contribution is 0.0494. The summed E-state index contributed by atoms with van der Waals surface area (Å²) in [6, 6.07) is 0. The molecule has 0 fully saturated rings. The van der Waals surface area contributed by atoms with Crippen molar-refractivity contribution in [2.24, 2.45) is 0 Å². The van der Waals surface area contributed by atoms with Crippen molar-refractivity contribution >= 4 is 27.7 Å². The minimum absolute atomic E-state index is 0.00479. The van der Waals surface area contributed by atoms with Crippen molar-refractivity contribution in [3.8, 4) is 0 Å². The SMILES string of the molecule is CCNCCOCCOCCNC(=O)OCCC(C)(C)SSCOCCCCOC(C)C. The van der Waals surface area contributed by atoms with Gasteiger partial charge >= 0.3 is 6.09 Å². The number of amides is 1. The zero-order chi connectivity index (χ0) is 23.9. The number of carbonyl (C=O) groups excluding carboxylic acids is 1. The van der Waals surface area contributed by atoms with Crippen LogP contribution >= 0.6 is 21.6 Å². The van der Waals surface area contributed by atoms with Crippen LogP contribution in [0.4, 0.5) is 4.79 Å². The first-order valence-electron chi connectivity index (χ1n) is 11.6. The largest absolute Gasteiger partial charge is 0.450 e. The highest BCUT2D eigenvalue weighted by molar-refractivity contribution is 8.77. The highest BCUT2D eigenvalue weighted by Crippen LogP contribution is 2.37. The zero-order valence-corrected chi connectivity index (χ0v) is 22.4. The van der Waals surface area contributed by atoms with Gasteiger partial charge in [-0.3, -0.25) is 0 Å². The second kappa shape index (κ2) is 22.6. The summed E-state index contributed by atoms with van der Waals surface area (Å²) < 4.78 is 27.2. The van der Waals surface area contributed by atoms with E-state index >= 15 is 0 Å². The molecule has 32 heavy (non-hydrogen) atoms. The Morgan fingerprint density at radius 1 is 0.906 bits per heavy atom. The molecule has 0 aliphatic rings. The van der Waals surface area contributed by atoms with Gasteiger partial charge in [0.25, 0.3) is 0 Å². The number of nitrogens with one attached hydrogen (secondary N) is 2. The highest BCUT2D eigenvalue weighted by atomic mass is 33.1. The predicted octanol–water partition coefficient (Wildman–Crippen LogP) is 4.08. The highest BCUT2D eigenvalue weighted by Gasteiger charge is 2.19. The number of ether oxygens (including phenoxy) is 5. The molecule has 1 amide bonds. The molecule has 192 valence electrons. The fourth-order valence-electron chi connectivity index (χ4n) is 2.25. The van der Waals surface area contributed by atoms with Gasteiger partial charge in [-0.1, -0.05) is 28.5 Å². The van der Waals surface area contributed by atoms with Crippen LogP contribution in [0.25, 0.3) is 0 Å². The fourth-order valence-corrected chi connectivity index (χ4v) is 4.53. The quantitative estimate of drug-likeness (QED) is 0.123. The van der Waals surface area contributed by atoms with Gasteiger partial charge in [-0.2, -0.15) is 0 Å². The molecular weight excluding hydrogens is 452 g/mol. The van der Waals surface area contributed by atoms with Gasteiger partial charge in [0.05, 0.1) is 39.1 Å². The van der Waals surface area contributed by atoms with E-state index in [0.29, 0.717) is 51.6 Å². The molecule has 0 aromatic heterocycles. The summed E-state index contributed by atoms with van der Waals surface area (Å²) in [4.78, 5) is 11.7. The van der Waals surface area contributed by atoms with Crippen LogP contribution in [0.1, 0.15) is 53.9 Å². The number of unbranched alkanes of at least 4 members (excludes halogenated alkanes) is 1. The molecule has 0 saturated carbocycles. The number of alkyl carbamates (subject to hydrolysis) is 1. The molecule has 0 atom stereocenters. The molecule has 0 spiro atoms. The van der Waals surface area contributed by atoms with Crippen LogP contribution in [-0.4, -0.2) is 88.8 Å². The third-order valence-electron chi connectivity index (χ3n) is 4.05. The van der Waals surface area contributed by atoms with E-state index in [9.17, 15) is 4.79 Å². The molecule has 0 aromatic carbocycles. The smallest absolute Gasteiger partial charge is 0.407 e. The average Bonchev–Trinajstić information content (AvgIpc) is 2.73. The lowest BCUT2D eigenvalue weighted by Crippen LogP contribution is -2.29. The van der Waals surface area contributed by atoms with Gasteiger partial charge < -0.3 is 34.3 Å². The van der Waals surface area contributed by atoms with Crippen LogP contribution in [0.15, 0.2) is 0 Å². The summed E-state index contributed by atoms with van der Waals surface area (Å²) in [6.45, 7) is 16.8. The Labute approximate surface area is 203 Å². The summed E-state index contributed by atoms with van der Waals surface area (Å²) >= 11 is 0. The number of rotatable bonds is 23. The first-order chi connectivity index (χ1) is 15.4. The van der Waals surface area contributed by atoms with Crippen LogP contribution in [0.2, 0.25) is 0 Å². The zero-order valence-electron chi connectivity index (χ0n) is 20.7. The van der Waals surface area contributed by atoms with Gasteiger partial charge in [0.15, 0.2) is 0 Å². The normalized spacial score (nSPS) is 11.8. The van der Waals surface area contributed by atoms with Gasteiger partial charge in [-0.05, 0) is 53.5 Å². The molecule has 0 heterocycles. The van der Waals surface area contributed by atoms with E-state index in [-0.39, 0.29) is 4.75 Å². The standard InChI is InChI=1S/C22H46N2O6S2/c1-6-23-10-15-26-17-18-27-16-11-24-21(25)30-14-9-22(4,5)32-31-19-28-12-7-8-13-29-20(2)3/h20,23H,6-19H2,1-5H3,(H,24,25). The van der Waals surface area contributed by atoms with Crippen molar-refractivity contribution in [2.75, 3.05) is 71.8 Å². The van der Waals surface area contributed by atoms with E-state index < -0.39 is 6.09 Å². The van der Waals surface area contributed by atoms with E-state index in [1.165, 1.54) is 0 Å². The minimum atomic E-state index is -0.409. The van der Waals surface area contributed by atoms with Gasteiger partial charge in [0.2, 0.25) is 0 Å². The monoisotopic (exact) mass is 498 g/mol. The van der Waals surface area contributed by atoms with Crippen molar-refractivity contribution in [2.45, 2.75) is 64.7 Å². The third-order valence-corrected chi connectivity index (χ3v) is 7.08. The van der Waals surface area contributed by atoms with Gasteiger partial charge in [0, 0.05) is 31.1 Å². The molecule has 0 rings (SSSR count). The van der Waals surface area contributed by atoms with Crippen LogP contribution < -0.4 is 10.6 Å². The average molecular weight is 499 g/mol. The van der Waals surface area contributed by atoms with Gasteiger partial charge in [0.1, 0.15) is 5.94 Å². The first-order valence-corrected chi connectivity index (χ1v) is 14.0. The minimum Gasteiger partial charge on any atom is -0.450 e. The van der Waals surface area contributed by atoms with E-state index in [2.05, 4.69) is 31.4 Å². The number of hydrogen-bond donors (Lipinski definition) is 2. The number of hydrogen-bond acceptors (Lipinski definition) is 9. The Kier molecular flexibility index (Phi) is 22.4. The molecule has 0 saturated heterocycles. The topological polar surface area (TPSA) is 87.3 Å². The summed E-state index contributed by atoms with van der Waals surface area (Å²) in [7, 11) is 3.45. The molecule has 0 unspecified atom stereocenters. The van der Waals surface area contributed by atoms with Crippen LogP contribution in [0.5, 0.6) is 0 Å². The van der Waals surface area contributed by atoms with Crippen LogP contribution in [0, 0.1) is 0 Å². The summed E-state index contributed by atoms with van der Waals surface area (Å²) in [5.74, 6) is 0.654. The second-order valence-corrected chi connectivity index (χ2v) is 11.0. The maximum absolute atomic E-state index is 11.7. The van der Waals surface area contributed by atoms with E-state index in [1.54, 1.807) is 21.6 Å². The Morgan fingerprint density at radius 2 is 1.59 bits per heavy atom. The third kappa shape index (κ3) is 24.4. The summed E-state index contributed by atoms with van der Waals surface area (Å²) in [6.07, 6.45) is 2.69. The lowest BCUT2D eigenvalue weighted by Gasteiger charge is -2.22.